The average molecular weight is 478 g/mol. The monoisotopic (exact) mass is 477 g/mol. The molecule has 0 saturated heterocycles. The van der Waals surface area contributed by atoms with Crippen molar-refractivity contribution >= 4 is 17.3 Å². The SMILES string of the molecule is CCN(CC)CC[C@]1(c2ccccc2)CN(N(C)Cc2cccc(OC)c2Cl)c2ccccc21. The zero-order chi connectivity index (χ0) is 24.1. The molecule has 0 amide bonds. The van der Waals surface area contributed by atoms with Crippen molar-refractivity contribution in [2.24, 2.45) is 0 Å². The molecule has 3 aromatic rings. The van der Waals surface area contributed by atoms with Gasteiger partial charge >= 0.3 is 0 Å². The molecule has 1 aliphatic heterocycles. The molecule has 0 aliphatic carbocycles. The highest BCUT2D eigenvalue weighted by atomic mass is 35.5. The number of benzene rings is 3. The number of para-hydroxylation sites is 1. The number of ether oxygens (including phenoxy) is 1. The second-order valence-corrected chi connectivity index (χ2v) is 9.43. The van der Waals surface area contributed by atoms with Gasteiger partial charge < -0.3 is 14.6 Å². The Morgan fingerprint density at radius 2 is 1.65 bits per heavy atom. The summed E-state index contributed by atoms with van der Waals surface area (Å²) in [6, 6.07) is 25.9. The Kier molecular flexibility index (Phi) is 7.82. The van der Waals surface area contributed by atoms with Crippen molar-refractivity contribution in [1.29, 1.82) is 0 Å². The smallest absolute Gasteiger partial charge is 0.137 e. The minimum atomic E-state index is -0.0765. The Hall–Kier alpha value is -2.53. The van der Waals surface area contributed by atoms with E-state index in [1.165, 1.54) is 16.8 Å². The predicted molar refractivity (Wildman–Crippen MR) is 143 cm³/mol. The van der Waals surface area contributed by atoms with E-state index < -0.39 is 0 Å². The molecule has 4 nitrogen and oxygen atoms in total. The molecule has 1 heterocycles. The second kappa shape index (κ2) is 10.8. The maximum absolute atomic E-state index is 6.65. The molecule has 4 rings (SSSR count). The van der Waals surface area contributed by atoms with E-state index in [-0.39, 0.29) is 5.41 Å². The molecule has 0 spiro atoms. The first kappa shape index (κ1) is 24.6. The first-order valence-electron chi connectivity index (χ1n) is 12.2. The Bertz CT molecular complexity index is 1090. The number of hydrogen-bond acceptors (Lipinski definition) is 4. The van der Waals surface area contributed by atoms with E-state index in [1.807, 2.05) is 12.1 Å². The lowest BCUT2D eigenvalue weighted by Gasteiger charge is -2.36. The Morgan fingerprint density at radius 1 is 0.941 bits per heavy atom. The van der Waals surface area contributed by atoms with E-state index in [9.17, 15) is 0 Å². The van der Waals surface area contributed by atoms with Gasteiger partial charge in [0.2, 0.25) is 0 Å². The number of hydrazine groups is 1. The van der Waals surface area contributed by atoms with Gasteiger partial charge in [-0.25, -0.2) is 5.01 Å². The summed E-state index contributed by atoms with van der Waals surface area (Å²) in [5, 5.41) is 5.40. The molecule has 1 atom stereocenters. The van der Waals surface area contributed by atoms with E-state index >= 15 is 0 Å². The van der Waals surface area contributed by atoms with E-state index in [4.69, 9.17) is 16.3 Å². The fourth-order valence-corrected chi connectivity index (χ4v) is 5.52. The largest absolute Gasteiger partial charge is 0.495 e. The molecule has 0 N–H and O–H groups in total. The minimum absolute atomic E-state index is 0.0765. The fourth-order valence-electron chi connectivity index (χ4n) is 5.25. The summed E-state index contributed by atoms with van der Waals surface area (Å²) in [7, 11) is 3.81. The number of fused-ring (bicyclic) bond motifs is 1. The van der Waals surface area contributed by atoms with Gasteiger partial charge in [-0.2, -0.15) is 0 Å². The van der Waals surface area contributed by atoms with Crippen LogP contribution in [-0.2, 0) is 12.0 Å². The molecule has 0 fully saturated rings. The maximum atomic E-state index is 6.65. The van der Waals surface area contributed by atoms with Crippen LogP contribution in [0.5, 0.6) is 5.75 Å². The van der Waals surface area contributed by atoms with Gasteiger partial charge in [0.05, 0.1) is 17.8 Å². The van der Waals surface area contributed by atoms with E-state index in [0.29, 0.717) is 17.3 Å². The Morgan fingerprint density at radius 3 is 2.35 bits per heavy atom. The van der Waals surface area contributed by atoms with Gasteiger partial charge in [0.25, 0.3) is 0 Å². The van der Waals surface area contributed by atoms with Crippen LogP contribution < -0.4 is 9.75 Å². The molecule has 0 saturated carbocycles. The highest BCUT2D eigenvalue weighted by molar-refractivity contribution is 6.32. The van der Waals surface area contributed by atoms with Crippen molar-refractivity contribution in [2.45, 2.75) is 32.2 Å². The zero-order valence-electron chi connectivity index (χ0n) is 20.8. The summed E-state index contributed by atoms with van der Waals surface area (Å²) in [5.74, 6) is 0.715. The van der Waals surface area contributed by atoms with Gasteiger partial charge in [-0.1, -0.05) is 86.1 Å². The molecule has 0 unspecified atom stereocenters. The van der Waals surface area contributed by atoms with Crippen LogP contribution in [0.1, 0.15) is 37.0 Å². The number of halogens is 1. The summed E-state index contributed by atoms with van der Waals surface area (Å²) in [5.41, 5.74) is 5.03. The Balaban J connectivity index is 1.71. The number of methoxy groups -OCH3 is 1. The predicted octanol–water partition coefficient (Wildman–Crippen LogP) is 6.23. The van der Waals surface area contributed by atoms with E-state index in [2.05, 4.69) is 96.5 Å². The van der Waals surface area contributed by atoms with Crippen molar-refractivity contribution in [3.05, 3.63) is 94.5 Å². The highest BCUT2D eigenvalue weighted by Crippen LogP contribution is 2.48. The average Bonchev–Trinajstić information content (AvgIpc) is 3.22. The third kappa shape index (κ3) is 4.68. The lowest BCUT2D eigenvalue weighted by molar-refractivity contribution is 0.254. The van der Waals surface area contributed by atoms with Gasteiger partial charge in [-0.3, -0.25) is 0 Å². The first-order valence-corrected chi connectivity index (χ1v) is 12.6. The highest BCUT2D eigenvalue weighted by Gasteiger charge is 2.45. The first-order chi connectivity index (χ1) is 16.5. The van der Waals surface area contributed by atoms with Crippen LogP contribution in [0.15, 0.2) is 72.8 Å². The third-order valence-corrected chi connectivity index (χ3v) is 7.70. The molecular weight excluding hydrogens is 442 g/mol. The maximum Gasteiger partial charge on any atom is 0.137 e. The summed E-state index contributed by atoms with van der Waals surface area (Å²) in [6.07, 6.45) is 1.07. The fraction of sp³-hybridized carbons (Fsp3) is 0.379. The summed E-state index contributed by atoms with van der Waals surface area (Å²) < 4.78 is 5.45. The van der Waals surface area contributed by atoms with E-state index in [1.54, 1.807) is 7.11 Å². The lowest BCUT2D eigenvalue weighted by atomic mass is 9.73. The molecule has 0 bridgehead atoms. The van der Waals surface area contributed by atoms with Crippen LogP contribution in [-0.4, -0.2) is 50.2 Å². The number of anilines is 1. The van der Waals surface area contributed by atoms with E-state index in [0.717, 1.165) is 38.2 Å². The number of hydrogen-bond donors (Lipinski definition) is 0. The lowest BCUT2D eigenvalue weighted by Crippen LogP contribution is -2.44. The van der Waals surface area contributed by atoms with Gasteiger partial charge in [0, 0.05) is 25.6 Å². The van der Waals surface area contributed by atoms with Crippen LogP contribution in [0.2, 0.25) is 5.02 Å². The van der Waals surface area contributed by atoms with Crippen molar-refractivity contribution in [3.63, 3.8) is 0 Å². The summed E-state index contributed by atoms with van der Waals surface area (Å²) in [6.45, 7) is 9.30. The molecule has 0 radical (unpaired) electrons. The number of rotatable bonds is 10. The molecule has 5 heteroatoms. The molecule has 1 aliphatic rings. The third-order valence-electron chi connectivity index (χ3n) is 7.27. The van der Waals surface area contributed by atoms with Gasteiger partial charge in [-0.05, 0) is 54.9 Å². The summed E-state index contributed by atoms with van der Waals surface area (Å²) in [4.78, 5) is 2.52. The Labute approximate surface area is 209 Å². The van der Waals surface area contributed by atoms with Crippen LogP contribution in [0, 0.1) is 0 Å². The van der Waals surface area contributed by atoms with Gasteiger partial charge in [-0.15, -0.1) is 0 Å². The van der Waals surface area contributed by atoms with Crippen LogP contribution >= 0.6 is 11.6 Å². The van der Waals surface area contributed by atoms with Crippen LogP contribution in [0.4, 0.5) is 5.69 Å². The van der Waals surface area contributed by atoms with Crippen molar-refractivity contribution < 1.29 is 4.74 Å². The number of nitrogens with zero attached hydrogens (tertiary/aromatic N) is 3. The molecule has 180 valence electrons. The normalized spacial score (nSPS) is 17.4. The standard InChI is InChI=1S/C29H36ClN3O/c1-5-32(6-2)20-19-29(24-14-8-7-9-15-24)22-33(26-17-11-10-16-25(26)29)31(3)21-23-13-12-18-27(34-4)28(23)30/h7-18H,5-6,19-22H2,1-4H3/t29-/m1/s1. The van der Waals surface area contributed by atoms with Crippen LogP contribution in [0.3, 0.4) is 0 Å². The minimum Gasteiger partial charge on any atom is -0.495 e. The summed E-state index contributed by atoms with van der Waals surface area (Å²) >= 11 is 6.65. The molecule has 3 aromatic carbocycles. The molecular formula is C29H36ClN3O. The quantitative estimate of drug-likeness (QED) is 0.344. The topological polar surface area (TPSA) is 19.0 Å². The molecule has 34 heavy (non-hydrogen) atoms. The van der Waals surface area contributed by atoms with Crippen molar-refractivity contribution in [3.8, 4) is 5.75 Å². The van der Waals surface area contributed by atoms with Gasteiger partial charge in [0.15, 0.2) is 0 Å². The van der Waals surface area contributed by atoms with Crippen molar-refractivity contribution in [1.82, 2.24) is 9.91 Å². The molecule has 0 aromatic heterocycles. The second-order valence-electron chi connectivity index (χ2n) is 9.05. The van der Waals surface area contributed by atoms with Crippen LogP contribution in [0.25, 0.3) is 0 Å². The zero-order valence-corrected chi connectivity index (χ0v) is 21.6. The van der Waals surface area contributed by atoms with Gasteiger partial charge in [0.1, 0.15) is 5.75 Å². The van der Waals surface area contributed by atoms with Crippen molar-refractivity contribution in [2.75, 3.05) is 45.3 Å².